The molecule has 0 saturated carbocycles. The molecule has 2 aliphatic heterocycles. The highest BCUT2D eigenvalue weighted by molar-refractivity contribution is 7.13. The van der Waals surface area contributed by atoms with Crippen LogP contribution in [0.5, 0.6) is 5.75 Å². The summed E-state index contributed by atoms with van der Waals surface area (Å²) in [5.41, 5.74) is 4.67. The van der Waals surface area contributed by atoms with E-state index < -0.39 is 5.82 Å². The number of rotatable bonds is 4. The molecule has 4 heterocycles. The molecule has 2 aromatic carbocycles. The lowest BCUT2D eigenvalue weighted by molar-refractivity contribution is -0.136. The number of phenolic OH excluding ortho intramolecular Hbond substituents is 1. The van der Waals surface area contributed by atoms with E-state index in [4.69, 9.17) is 4.98 Å². The quantitative estimate of drug-likeness (QED) is 0.365. The second kappa shape index (κ2) is 8.92. The Morgan fingerprint density at radius 1 is 1.26 bits per heavy atom. The number of likely N-dealkylation sites (tertiary alicyclic amines) is 1. The van der Waals surface area contributed by atoms with Gasteiger partial charge in [0.1, 0.15) is 29.0 Å². The first-order valence-corrected chi connectivity index (χ1v) is 13.1. The van der Waals surface area contributed by atoms with E-state index >= 15 is 4.39 Å². The highest BCUT2D eigenvalue weighted by atomic mass is 32.1. The minimum absolute atomic E-state index is 0.0141. The van der Waals surface area contributed by atoms with Crippen molar-refractivity contribution in [1.29, 1.82) is 5.26 Å². The summed E-state index contributed by atoms with van der Waals surface area (Å²) in [6.07, 6.45) is 2.17. The number of carbonyl (C=O) groups is 1. The van der Waals surface area contributed by atoms with Crippen molar-refractivity contribution in [3.8, 4) is 33.4 Å². The second-order valence-corrected chi connectivity index (χ2v) is 10.9. The van der Waals surface area contributed by atoms with Crippen molar-refractivity contribution in [3.63, 3.8) is 0 Å². The average molecular weight is 526 g/mol. The Kier molecular flexibility index (Phi) is 5.65. The summed E-state index contributed by atoms with van der Waals surface area (Å²) in [5, 5.41) is 21.7. The zero-order valence-electron chi connectivity index (χ0n) is 20.7. The van der Waals surface area contributed by atoms with Gasteiger partial charge in [0.05, 0.1) is 27.2 Å². The number of nitrogens with zero attached hydrogens (tertiary/aromatic N) is 5. The Balaban J connectivity index is 1.53. The van der Waals surface area contributed by atoms with Gasteiger partial charge in [-0.25, -0.2) is 14.4 Å². The monoisotopic (exact) mass is 525 g/mol. The van der Waals surface area contributed by atoms with Crippen LogP contribution in [0.1, 0.15) is 17.7 Å². The van der Waals surface area contributed by atoms with E-state index in [-0.39, 0.29) is 28.2 Å². The molecule has 6 rings (SSSR count). The van der Waals surface area contributed by atoms with Crippen molar-refractivity contribution in [2.24, 2.45) is 5.41 Å². The molecular weight excluding hydrogens is 501 g/mol. The summed E-state index contributed by atoms with van der Waals surface area (Å²) in [6, 6.07) is 12.1. The van der Waals surface area contributed by atoms with Gasteiger partial charge in [-0.05, 0) is 43.2 Å². The Bertz CT molecular complexity index is 1650. The number of aromatic hydroxyl groups is 1. The molecule has 0 bridgehead atoms. The van der Waals surface area contributed by atoms with E-state index in [1.165, 1.54) is 35.6 Å². The van der Waals surface area contributed by atoms with Crippen LogP contribution in [0.15, 0.2) is 54.6 Å². The Labute approximate surface area is 223 Å². The number of aromatic nitrogens is 2. The van der Waals surface area contributed by atoms with Gasteiger partial charge in [-0.15, -0.1) is 11.3 Å². The lowest BCUT2D eigenvalue weighted by atomic mass is 9.79. The van der Waals surface area contributed by atoms with Gasteiger partial charge >= 0.3 is 0 Å². The fourth-order valence-electron chi connectivity index (χ4n) is 5.75. The largest absolute Gasteiger partial charge is 0.507 e. The molecule has 7 nitrogen and oxygen atoms in total. The van der Waals surface area contributed by atoms with Gasteiger partial charge in [-0.3, -0.25) is 4.79 Å². The number of amides is 1. The van der Waals surface area contributed by atoms with Gasteiger partial charge in [0.2, 0.25) is 5.91 Å². The molecule has 1 spiro atoms. The molecule has 1 N–H and O–H groups in total. The molecule has 0 unspecified atom stereocenters. The van der Waals surface area contributed by atoms with E-state index in [1.54, 1.807) is 10.4 Å². The lowest BCUT2D eigenvalue weighted by Crippen LogP contribution is -2.59. The Hall–Kier alpha value is -4.29. The topological polar surface area (TPSA) is 93.3 Å². The summed E-state index contributed by atoms with van der Waals surface area (Å²) in [4.78, 5) is 26.2. The summed E-state index contributed by atoms with van der Waals surface area (Å²) < 4.78 is 15.2. The van der Waals surface area contributed by atoms with Gasteiger partial charge < -0.3 is 14.9 Å². The predicted octanol–water partition coefficient (Wildman–Crippen LogP) is 5.27. The van der Waals surface area contributed by atoms with E-state index in [9.17, 15) is 15.2 Å². The van der Waals surface area contributed by atoms with Crippen molar-refractivity contribution in [1.82, 2.24) is 14.9 Å². The number of nitriles is 1. The van der Waals surface area contributed by atoms with Gasteiger partial charge in [-0.1, -0.05) is 24.8 Å². The number of halogens is 1. The van der Waals surface area contributed by atoms with Crippen LogP contribution in [0, 0.1) is 29.5 Å². The normalized spacial score (nSPS) is 16.0. The third kappa shape index (κ3) is 3.72. The predicted molar refractivity (Wildman–Crippen MR) is 145 cm³/mol. The summed E-state index contributed by atoms with van der Waals surface area (Å²) in [6.45, 7) is 8.04. The van der Waals surface area contributed by atoms with Crippen LogP contribution >= 0.6 is 11.3 Å². The van der Waals surface area contributed by atoms with E-state index in [1.807, 2.05) is 25.1 Å². The van der Waals surface area contributed by atoms with E-state index in [2.05, 4.69) is 22.5 Å². The number of anilines is 1. The Morgan fingerprint density at radius 3 is 2.76 bits per heavy atom. The molecule has 2 aliphatic rings. The molecule has 4 aromatic rings. The van der Waals surface area contributed by atoms with Crippen LogP contribution < -0.4 is 4.90 Å². The molecule has 0 radical (unpaired) electrons. The van der Waals surface area contributed by atoms with Crippen LogP contribution in [0.25, 0.3) is 32.5 Å². The van der Waals surface area contributed by atoms with Crippen molar-refractivity contribution < 1.29 is 14.3 Å². The van der Waals surface area contributed by atoms with Gasteiger partial charge in [-0.2, -0.15) is 5.26 Å². The van der Waals surface area contributed by atoms with Gasteiger partial charge in [0.15, 0.2) is 0 Å². The minimum Gasteiger partial charge on any atom is -0.507 e. The van der Waals surface area contributed by atoms with Crippen molar-refractivity contribution in [2.75, 3.05) is 31.1 Å². The average Bonchev–Trinajstić information content (AvgIpc) is 3.53. The van der Waals surface area contributed by atoms with E-state index in [0.29, 0.717) is 48.5 Å². The smallest absolute Gasteiger partial charge is 0.245 e. The van der Waals surface area contributed by atoms with E-state index in [0.717, 1.165) is 22.6 Å². The molecule has 0 aliphatic carbocycles. The van der Waals surface area contributed by atoms with Crippen LogP contribution in [-0.4, -0.2) is 52.1 Å². The zero-order valence-corrected chi connectivity index (χ0v) is 21.6. The summed E-state index contributed by atoms with van der Waals surface area (Å²) >= 11 is 1.53. The summed E-state index contributed by atoms with van der Waals surface area (Å²) in [7, 11) is 0. The third-order valence-electron chi connectivity index (χ3n) is 7.60. The Morgan fingerprint density at radius 2 is 2.08 bits per heavy atom. The highest BCUT2D eigenvalue weighted by Crippen LogP contribution is 2.46. The zero-order chi connectivity index (χ0) is 26.6. The molecule has 0 atom stereocenters. The maximum absolute atomic E-state index is 15.2. The summed E-state index contributed by atoms with van der Waals surface area (Å²) in [5.74, 6) is -0.476. The molecule has 2 aromatic heterocycles. The molecule has 2 saturated heterocycles. The first-order chi connectivity index (χ1) is 18.3. The number of hydrogen-bond acceptors (Lipinski definition) is 7. The maximum atomic E-state index is 15.2. The second-order valence-electron chi connectivity index (χ2n) is 10.00. The number of thiazole rings is 1. The SMILES string of the molecule is C=CC(=O)N1CC2(CCN(c3nc4cc(-c5scnc5C)ccc4c(-c4c(O)cccc4F)c3C#N)C2)C1. The molecule has 9 heteroatoms. The standard InChI is InChI=1S/C29H24FN5O2S/c1-3-24(37)35-14-29(15-35)9-10-34(13-29)28-20(12-31)25(26-21(30)5-4-6-23(26)36)19-8-7-18(11-22(19)33-28)27-17(2)32-16-38-27/h3-8,11,16,36H,1,9-10,13-15H2,2H3. The number of phenols is 1. The number of fused-ring (bicyclic) bond motifs is 1. The molecule has 190 valence electrons. The number of benzene rings is 2. The van der Waals surface area contributed by atoms with Crippen LogP contribution in [0.2, 0.25) is 0 Å². The minimum atomic E-state index is -0.613. The molecule has 2 fully saturated rings. The molecule has 38 heavy (non-hydrogen) atoms. The number of carbonyl (C=O) groups excluding carboxylic acids is 1. The number of aryl methyl sites for hydroxylation is 1. The van der Waals surface area contributed by atoms with Gasteiger partial charge in [0.25, 0.3) is 0 Å². The highest BCUT2D eigenvalue weighted by Gasteiger charge is 2.49. The molecule has 1 amide bonds. The molecular formula is C29H24FN5O2S. The van der Waals surface area contributed by atoms with Crippen molar-refractivity contribution in [2.45, 2.75) is 13.3 Å². The maximum Gasteiger partial charge on any atom is 0.245 e. The van der Waals surface area contributed by atoms with Crippen LogP contribution in [-0.2, 0) is 4.79 Å². The van der Waals surface area contributed by atoms with Gasteiger partial charge in [0, 0.05) is 42.5 Å². The van der Waals surface area contributed by atoms with Crippen LogP contribution in [0.3, 0.4) is 0 Å². The number of pyridine rings is 1. The number of hydrogen-bond donors (Lipinski definition) is 1. The third-order valence-corrected chi connectivity index (χ3v) is 8.58. The van der Waals surface area contributed by atoms with Crippen molar-refractivity contribution >= 4 is 34.0 Å². The van der Waals surface area contributed by atoms with Crippen molar-refractivity contribution in [3.05, 3.63) is 71.6 Å². The fraction of sp³-hybridized carbons (Fsp3) is 0.241. The fourth-order valence-corrected chi connectivity index (χ4v) is 6.55. The van der Waals surface area contributed by atoms with Crippen LogP contribution in [0.4, 0.5) is 10.2 Å². The first-order valence-electron chi connectivity index (χ1n) is 12.3. The first kappa shape index (κ1) is 24.1. The lowest BCUT2D eigenvalue weighted by Gasteiger charge is -2.47.